The molecule has 2 rings (SSSR count). The SMILES string of the molecule is Cn1ccnc1CCNc1ncc(C(=O)O)cc1[N+](=O)[O-]. The first-order chi connectivity index (χ1) is 9.99. The Bertz CT molecular complexity index is 682. The summed E-state index contributed by atoms with van der Waals surface area (Å²) in [6.07, 6.45) is 5.11. The smallest absolute Gasteiger partial charge is 0.337 e. The molecule has 0 aliphatic carbocycles. The Morgan fingerprint density at radius 2 is 2.29 bits per heavy atom. The predicted octanol–water partition coefficient (Wildman–Crippen LogP) is 1.08. The third-order valence-corrected chi connectivity index (χ3v) is 2.87. The van der Waals surface area contributed by atoms with Crippen LogP contribution in [0, 0.1) is 10.1 Å². The normalized spacial score (nSPS) is 10.3. The third kappa shape index (κ3) is 3.32. The van der Waals surface area contributed by atoms with Gasteiger partial charge in [0.15, 0.2) is 0 Å². The minimum Gasteiger partial charge on any atom is -0.478 e. The lowest BCUT2D eigenvalue weighted by Gasteiger charge is -2.06. The van der Waals surface area contributed by atoms with Crippen molar-refractivity contribution in [3.8, 4) is 0 Å². The summed E-state index contributed by atoms with van der Waals surface area (Å²) in [4.78, 5) is 29.0. The fraction of sp³-hybridized carbons (Fsp3) is 0.250. The van der Waals surface area contributed by atoms with Gasteiger partial charge in [-0.25, -0.2) is 14.8 Å². The number of pyridine rings is 1. The molecule has 2 aromatic heterocycles. The number of imidazole rings is 1. The predicted molar refractivity (Wildman–Crippen MR) is 73.3 cm³/mol. The van der Waals surface area contributed by atoms with Gasteiger partial charge >= 0.3 is 11.7 Å². The van der Waals surface area contributed by atoms with Crippen LogP contribution in [0.5, 0.6) is 0 Å². The number of nitrogens with one attached hydrogen (secondary N) is 1. The molecule has 9 nitrogen and oxygen atoms in total. The number of rotatable bonds is 6. The molecule has 0 saturated heterocycles. The van der Waals surface area contributed by atoms with Gasteiger partial charge in [-0.1, -0.05) is 0 Å². The Morgan fingerprint density at radius 3 is 2.86 bits per heavy atom. The molecule has 0 aliphatic rings. The number of hydrogen-bond acceptors (Lipinski definition) is 6. The van der Waals surface area contributed by atoms with E-state index < -0.39 is 10.9 Å². The average molecular weight is 291 g/mol. The van der Waals surface area contributed by atoms with Crippen LogP contribution in [0.3, 0.4) is 0 Å². The van der Waals surface area contributed by atoms with Crippen molar-refractivity contribution in [3.63, 3.8) is 0 Å². The molecule has 2 heterocycles. The van der Waals surface area contributed by atoms with Crippen molar-refractivity contribution in [1.82, 2.24) is 14.5 Å². The molecule has 0 radical (unpaired) electrons. The van der Waals surface area contributed by atoms with Gasteiger partial charge in [0.25, 0.3) is 0 Å². The van der Waals surface area contributed by atoms with E-state index in [2.05, 4.69) is 15.3 Å². The maximum absolute atomic E-state index is 11.0. The number of anilines is 1. The van der Waals surface area contributed by atoms with E-state index >= 15 is 0 Å². The van der Waals surface area contributed by atoms with Gasteiger partial charge in [0.05, 0.1) is 10.5 Å². The highest BCUT2D eigenvalue weighted by atomic mass is 16.6. The minimum atomic E-state index is -1.26. The molecule has 110 valence electrons. The number of carbonyl (C=O) groups is 1. The van der Waals surface area contributed by atoms with E-state index in [1.54, 1.807) is 12.4 Å². The summed E-state index contributed by atoms with van der Waals surface area (Å²) in [7, 11) is 1.85. The first kappa shape index (κ1) is 14.4. The van der Waals surface area contributed by atoms with Crippen LogP contribution in [0.1, 0.15) is 16.2 Å². The minimum absolute atomic E-state index is 0.0409. The molecular weight excluding hydrogens is 278 g/mol. The average Bonchev–Trinajstić information content (AvgIpc) is 2.84. The quantitative estimate of drug-likeness (QED) is 0.602. The number of carboxylic acid groups (broad SMARTS) is 1. The maximum atomic E-state index is 11.0. The summed E-state index contributed by atoms with van der Waals surface area (Å²) >= 11 is 0. The Kier molecular flexibility index (Phi) is 4.12. The van der Waals surface area contributed by atoms with Crippen molar-refractivity contribution in [2.45, 2.75) is 6.42 Å². The van der Waals surface area contributed by atoms with Gasteiger partial charge in [0.2, 0.25) is 5.82 Å². The van der Waals surface area contributed by atoms with Crippen LogP contribution in [0.25, 0.3) is 0 Å². The first-order valence-electron chi connectivity index (χ1n) is 6.07. The maximum Gasteiger partial charge on any atom is 0.337 e. The van der Waals surface area contributed by atoms with E-state index in [4.69, 9.17) is 5.11 Å². The third-order valence-electron chi connectivity index (χ3n) is 2.87. The van der Waals surface area contributed by atoms with Crippen LogP contribution in [-0.4, -0.2) is 37.1 Å². The fourth-order valence-electron chi connectivity index (χ4n) is 1.78. The summed E-state index contributed by atoms with van der Waals surface area (Å²) in [5, 5.41) is 22.6. The van der Waals surface area contributed by atoms with Crippen LogP contribution in [0.15, 0.2) is 24.7 Å². The van der Waals surface area contributed by atoms with E-state index in [1.807, 2.05) is 11.6 Å². The van der Waals surface area contributed by atoms with Crippen molar-refractivity contribution < 1.29 is 14.8 Å². The number of hydrogen-bond donors (Lipinski definition) is 2. The molecule has 0 atom stereocenters. The zero-order valence-electron chi connectivity index (χ0n) is 11.2. The van der Waals surface area contributed by atoms with E-state index in [9.17, 15) is 14.9 Å². The Morgan fingerprint density at radius 1 is 1.52 bits per heavy atom. The van der Waals surface area contributed by atoms with Gasteiger partial charge in [-0.3, -0.25) is 10.1 Å². The summed E-state index contributed by atoms with van der Waals surface area (Å²) < 4.78 is 1.84. The lowest BCUT2D eigenvalue weighted by atomic mass is 10.2. The highest BCUT2D eigenvalue weighted by molar-refractivity contribution is 5.88. The van der Waals surface area contributed by atoms with Gasteiger partial charge in [0.1, 0.15) is 5.82 Å². The van der Waals surface area contributed by atoms with E-state index in [0.717, 1.165) is 18.1 Å². The van der Waals surface area contributed by atoms with Gasteiger partial charge in [0, 0.05) is 44.7 Å². The molecule has 0 bridgehead atoms. The second-order valence-electron chi connectivity index (χ2n) is 4.29. The van der Waals surface area contributed by atoms with Crippen LogP contribution in [0.2, 0.25) is 0 Å². The van der Waals surface area contributed by atoms with Crippen LogP contribution in [0.4, 0.5) is 11.5 Å². The van der Waals surface area contributed by atoms with Gasteiger partial charge in [-0.2, -0.15) is 0 Å². The number of carboxylic acids is 1. The summed E-state index contributed by atoms with van der Waals surface area (Å²) in [6.45, 7) is 0.394. The van der Waals surface area contributed by atoms with Crippen LogP contribution >= 0.6 is 0 Å². The van der Waals surface area contributed by atoms with Crippen molar-refractivity contribution in [2.75, 3.05) is 11.9 Å². The molecule has 2 N–H and O–H groups in total. The molecule has 0 amide bonds. The zero-order chi connectivity index (χ0) is 15.4. The summed E-state index contributed by atoms with van der Waals surface area (Å²) in [5.41, 5.74) is -0.592. The van der Waals surface area contributed by atoms with Gasteiger partial charge < -0.3 is 15.0 Å². The monoisotopic (exact) mass is 291 g/mol. The largest absolute Gasteiger partial charge is 0.478 e. The van der Waals surface area contributed by atoms with E-state index in [0.29, 0.717) is 13.0 Å². The molecule has 9 heteroatoms. The topological polar surface area (TPSA) is 123 Å². The molecule has 0 aliphatic heterocycles. The standard InChI is InChI=1S/C12H13N5O4/c1-16-5-4-13-10(16)2-3-14-11-9(17(20)21)6-8(7-15-11)12(18)19/h4-7H,2-3H2,1H3,(H,14,15)(H,18,19). The number of aromatic carboxylic acids is 1. The van der Waals surface area contributed by atoms with Crippen LogP contribution < -0.4 is 5.32 Å². The molecule has 0 saturated carbocycles. The highest BCUT2D eigenvalue weighted by Gasteiger charge is 2.18. The molecule has 0 aromatic carbocycles. The zero-order valence-corrected chi connectivity index (χ0v) is 11.2. The molecular formula is C12H13N5O4. The molecule has 2 aromatic rings. The highest BCUT2D eigenvalue weighted by Crippen LogP contribution is 2.22. The Balaban J connectivity index is 2.10. The number of nitro groups is 1. The Labute approximate surface area is 119 Å². The number of nitrogens with zero attached hydrogens (tertiary/aromatic N) is 4. The van der Waals surface area contributed by atoms with E-state index in [-0.39, 0.29) is 17.1 Å². The molecule has 0 spiro atoms. The van der Waals surface area contributed by atoms with E-state index in [1.165, 1.54) is 0 Å². The van der Waals surface area contributed by atoms with Gasteiger partial charge in [-0.05, 0) is 0 Å². The van der Waals surface area contributed by atoms with Gasteiger partial charge in [-0.15, -0.1) is 0 Å². The number of aryl methyl sites for hydroxylation is 1. The first-order valence-corrected chi connectivity index (χ1v) is 6.07. The molecule has 21 heavy (non-hydrogen) atoms. The molecule has 0 unspecified atom stereocenters. The second kappa shape index (κ2) is 5.99. The Hall–Kier alpha value is -2.97. The van der Waals surface area contributed by atoms with Crippen molar-refractivity contribution in [1.29, 1.82) is 0 Å². The van der Waals surface area contributed by atoms with Crippen molar-refractivity contribution >= 4 is 17.5 Å². The van der Waals surface area contributed by atoms with Crippen molar-refractivity contribution in [2.24, 2.45) is 7.05 Å². The second-order valence-corrected chi connectivity index (χ2v) is 4.29. The number of aromatic nitrogens is 3. The van der Waals surface area contributed by atoms with Crippen molar-refractivity contribution in [3.05, 3.63) is 46.2 Å². The fourth-order valence-corrected chi connectivity index (χ4v) is 1.78. The lowest BCUT2D eigenvalue weighted by Crippen LogP contribution is -2.11. The molecule has 0 fully saturated rings. The lowest BCUT2D eigenvalue weighted by molar-refractivity contribution is -0.384. The van der Waals surface area contributed by atoms with Crippen LogP contribution in [-0.2, 0) is 13.5 Å². The summed E-state index contributed by atoms with van der Waals surface area (Å²) in [6, 6.07) is 0.985. The summed E-state index contributed by atoms with van der Waals surface area (Å²) in [5.74, 6) is -0.392.